The molecule has 1 saturated heterocycles. The summed E-state index contributed by atoms with van der Waals surface area (Å²) in [5, 5.41) is 7.05. The van der Waals surface area contributed by atoms with Gasteiger partial charge in [0.05, 0.1) is 23.9 Å². The van der Waals surface area contributed by atoms with Crippen molar-refractivity contribution in [3.8, 4) is 0 Å². The molecule has 0 bridgehead atoms. The summed E-state index contributed by atoms with van der Waals surface area (Å²) in [5.74, 6) is 1.30. The van der Waals surface area contributed by atoms with E-state index in [1.807, 2.05) is 0 Å². The molecule has 4 N–H and O–H groups in total. The van der Waals surface area contributed by atoms with Crippen LogP contribution in [0.25, 0.3) is 0 Å². The molecule has 1 aromatic rings. The van der Waals surface area contributed by atoms with Crippen molar-refractivity contribution in [1.82, 2.24) is 15.3 Å². The van der Waals surface area contributed by atoms with E-state index in [1.54, 1.807) is 0 Å². The van der Waals surface area contributed by atoms with Gasteiger partial charge >= 0.3 is 0 Å². The molecule has 3 heterocycles. The molecule has 23 heavy (non-hydrogen) atoms. The van der Waals surface area contributed by atoms with Crippen LogP contribution in [0.1, 0.15) is 49.8 Å². The number of rotatable bonds is 2. The maximum Gasteiger partial charge on any atom is 0.222 e. The molecular weight excluding hydrogens is 290 g/mol. The van der Waals surface area contributed by atoms with Gasteiger partial charge < -0.3 is 21.1 Å². The zero-order valence-corrected chi connectivity index (χ0v) is 13.7. The minimum absolute atomic E-state index is 0.118. The second kappa shape index (κ2) is 6.24. The van der Waals surface area contributed by atoms with E-state index < -0.39 is 0 Å². The van der Waals surface area contributed by atoms with Gasteiger partial charge in [0.25, 0.3) is 0 Å². The Hall–Kier alpha value is -1.40. The third-order valence-corrected chi connectivity index (χ3v) is 5.52. The number of hydrogen-bond acceptors (Lipinski definition) is 6. The van der Waals surface area contributed by atoms with E-state index in [4.69, 9.17) is 10.5 Å². The highest BCUT2D eigenvalue weighted by atomic mass is 16.5. The number of aromatic nitrogens is 2. The van der Waals surface area contributed by atoms with E-state index in [1.165, 1.54) is 37.7 Å². The number of nitrogens with zero attached hydrogens (tertiary/aromatic N) is 2. The summed E-state index contributed by atoms with van der Waals surface area (Å²) < 4.78 is 6.22. The summed E-state index contributed by atoms with van der Waals surface area (Å²) in [6.45, 7) is 2.70. The summed E-state index contributed by atoms with van der Waals surface area (Å²) in [6, 6.07) is 0.336. The zero-order chi connectivity index (χ0) is 15.7. The highest BCUT2D eigenvalue weighted by molar-refractivity contribution is 5.51. The Morgan fingerprint density at radius 3 is 2.83 bits per heavy atom. The van der Waals surface area contributed by atoms with Crippen LogP contribution in [-0.2, 0) is 17.6 Å². The average Bonchev–Trinajstić information content (AvgIpc) is 2.77. The van der Waals surface area contributed by atoms with Crippen LogP contribution in [0.15, 0.2) is 0 Å². The molecule has 6 heteroatoms. The molecule has 1 saturated carbocycles. The number of nitrogens with one attached hydrogen (secondary N) is 2. The number of nitrogens with two attached hydrogens (primary N) is 1. The van der Waals surface area contributed by atoms with Crippen molar-refractivity contribution in [1.29, 1.82) is 0 Å². The molecule has 2 fully saturated rings. The smallest absolute Gasteiger partial charge is 0.222 e. The standard InChI is InChI=1S/C17H27N5O/c18-16-21-14-5-9-19-8-4-13(14)15(22-16)20-12-10-17(23-11-12)6-2-1-3-7-17/h12,19H,1-11H2,(H3,18,20,21,22)/t12-/m0/s1. The molecule has 6 nitrogen and oxygen atoms in total. The van der Waals surface area contributed by atoms with Crippen molar-refractivity contribution >= 4 is 11.8 Å². The Morgan fingerprint density at radius 2 is 1.96 bits per heavy atom. The molecule has 0 radical (unpaired) electrons. The number of nitrogen functional groups attached to an aromatic ring is 1. The fraction of sp³-hybridized carbons (Fsp3) is 0.765. The first-order valence-corrected chi connectivity index (χ1v) is 9.01. The molecule has 1 atom stereocenters. The lowest BCUT2D eigenvalue weighted by molar-refractivity contribution is -0.0244. The lowest BCUT2D eigenvalue weighted by atomic mass is 9.82. The average molecular weight is 317 g/mol. The molecule has 1 aromatic heterocycles. The Morgan fingerprint density at radius 1 is 1.13 bits per heavy atom. The lowest BCUT2D eigenvalue weighted by Crippen LogP contribution is -2.32. The minimum atomic E-state index is 0.118. The van der Waals surface area contributed by atoms with E-state index >= 15 is 0 Å². The third kappa shape index (κ3) is 3.15. The van der Waals surface area contributed by atoms with Gasteiger partial charge in [0.2, 0.25) is 5.95 Å². The van der Waals surface area contributed by atoms with Crippen LogP contribution in [-0.4, -0.2) is 41.3 Å². The molecule has 2 aliphatic heterocycles. The van der Waals surface area contributed by atoms with Gasteiger partial charge in [0.15, 0.2) is 0 Å². The topological polar surface area (TPSA) is 85.1 Å². The summed E-state index contributed by atoms with van der Waals surface area (Å²) in [5.41, 5.74) is 8.37. The Balaban J connectivity index is 1.52. The van der Waals surface area contributed by atoms with Crippen molar-refractivity contribution in [3.63, 3.8) is 0 Å². The van der Waals surface area contributed by atoms with E-state index in [0.29, 0.717) is 12.0 Å². The fourth-order valence-electron chi connectivity index (χ4n) is 4.36. The maximum absolute atomic E-state index is 6.22. The molecule has 126 valence electrons. The zero-order valence-electron chi connectivity index (χ0n) is 13.7. The van der Waals surface area contributed by atoms with Gasteiger partial charge in [-0.1, -0.05) is 19.3 Å². The molecule has 0 amide bonds. The minimum Gasteiger partial charge on any atom is -0.373 e. The van der Waals surface area contributed by atoms with Crippen molar-refractivity contribution in [2.45, 2.75) is 63.0 Å². The van der Waals surface area contributed by atoms with Gasteiger partial charge in [-0.25, -0.2) is 4.98 Å². The fourth-order valence-corrected chi connectivity index (χ4v) is 4.36. The second-order valence-electron chi connectivity index (χ2n) is 7.21. The Bertz CT molecular complexity index is 570. The molecule has 3 aliphatic rings. The van der Waals surface area contributed by atoms with Gasteiger partial charge in [-0.2, -0.15) is 4.98 Å². The summed E-state index contributed by atoms with van der Waals surface area (Å²) in [7, 11) is 0. The highest BCUT2D eigenvalue weighted by Crippen LogP contribution is 2.40. The molecule has 4 rings (SSSR count). The van der Waals surface area contributed by atoms with Crippen LogP contribution >= 0.6 is 0 Å². The van der Waals surface area contributed by atoms with Crippen molar-refractivity contribution in [2.24, 2.45) is 0 Å². The molecule has 0 unspecified atom stereocenters. The first-order chi connectivity index (χ1) is 11.2. The number of ether oxygens (including phenoxy) is 1. The summed E-state index contributed by atoms with van der Waals surface area (Å²) in [4.78, 5) is 8.95. The maximum atomic E-state index is 6.22. The van der Waals surface area contributed by atoms with Crippen LogP contribution < -0.4 is 16.4 Å². The monoisotopic (exact) mass is 317 g/mol. The SMILES string of the molecule is Nc1nc2c(c(N[C@@H]3COC4(CCCCC4)C3)n1)CCNCC2. The van der Waals surface area contributed by atoms with Gasteiger partial charge in [-0.3, -0.25) is 0 Å². The van der Waals surface area contributed by atoms with Crippen molar-refractivity contribution in [3.05, 3.63) is 11.3 Å². The quantitative estimate of drug-likeness (QED) is 0.769. The van der Waals surface area contributed by atoms with Crippen LogP contribution in [0.5, 0.6) is 0 Å². The number of fused-ring (bicyclic) bond motifs is 1. The van der Waals surface area contributed by atoms with Gasteiger partial charge in [-0.05, 0) is 32.2 Å². The first-order valence-electron chi connectivity index (χ1n) is 9.01. The third-order valence-electron chi connectivity index (χ3n) is 5.52. The normalized spacial score (nSPS) is 26.7. The van der Waals surface area contributed by atoms with Crippen LogP contribution in [0, 0.1) is 0 Å². The highest BCUT2D eigenvalue weighted by Gasteiger charge is 2.41. The first kappa shape index (κ1) is 15.1. The van der Waals surface area contributed by atoms with Crippen LogP contribution in [0.2, 0.25) is 0 Å². The summed E-state index contributed by atoms with van der Waals surface area (Å²) in [6.07, 6.45) is 9.33. The Kier molecular flexibility index (Phi) is 4.11. The number of hydrogen-bond donors (Lipinski definition) is 3. The van der Waals surface area contributed by atoms with E-state index in [9.17, 15) is 0 Å². The number of anilines is 2. The molecular formula is C17H27N5O. The van der Waals surface area contributed by atoms with E-state index in [0.717, 1.165) is 50.5 Å². The van der Waals surface area contributed by atoms with Crippen molar-refractivity contribution < 1.29 is 4.74 Å². The van der Waals surface area contributed by atoms with E-state index in [2.05, 4.69) is 20.6 Å². The van der Waals surface area contributed by atoms with Gasteiger partial charge in [-0.15, -0.1) is 0 Å². The van der Waals surface area contributed by atoms with Crippen LogP contribution in [0.4, 0.5) is 11.8 Å². The lowest BCUT2D eigenvalue weighted by Gasteiger charge is -2.32. The second-order valence-corrected chi connectivity index (χ2v) is 7.21. The largest absolute Gasteiger partial charge is 0.373 e. The predicted octanol–water partition coefficient (Wildman–Crippen LogP) is 1.65. The van der Waals surface area contributed by atoms with E-state index in [-0.39, 0.29) is 5.60 Å². The molecule has 1 aliphatic carbocycles. The van der Waals surface area contributed by atoms with Gasteiger partial charge in [0.1, 0.15) is 5.82 Å². The predicted molar refractivity (Wildman–Crippen MR) is 90.5 cm³/mol. The van der Waals surface area contributed by atoms with Crippen LogP contribution in [0.3, 0.4) is 0 Å². The Labute approximate surface area is 137 Å². The van der Waals surface area contributed by atoms with Crippen molar-refractivity contribution in [2.75, 3.05) is 30.7 Å². The summed E-state index contributed by atoms with van der Waals surface area (Å²) >= 11 is 0. The molecule has 1 spiro atoms. The van der Waals surface area contributed by atoms with Gasteiger partial charge in [0, 0.05) is 18.5 Å². The molecule has 0 aromatic carbocycles.